The maximum absolute atomic E-state index is 12.7. The van der Waals surface area contributed by atoms with Crippen LogP contribution >= 0.6 is 11.6 Å². The van der Waals surface area contributed by atoms with Crippen molar-refractivity contribution in [1.29, 1.82) is 0 Å². The van der Waals surface area contributed by atoms with E-state index in [9.17, 15) is 4.79 Å². The van der Waals surface area contributed by atoms with Crippen LogP contribution in [0.15, 0.2) is 12.1 Å². The second-order valence-electron chi connectivity index (χ2n) is 7.20. The number of fused-ring (bicyclic) bond motifs is 1. The molecule has 1 saturated carbocycles. The summed E-state index contributed by atoms with van der Waals surface area (Å²) < 4.78 is 11.1. The van der Waals surface area contributed by atoms with Crippen molar-refractivity contribution in [3.05, 3.63) is 22.7 Å². The van der Waals surface area contributed by atoms with Gasteiger partial charge in [-0.3, -0.25) is 4.79 Å². The summed E-state index contributed by atoms with van der Waals surface area (Å²) in [5, 5.41) is 3.53. The molecular weight excluding hydrogens is 340 g/mol. The van der Waals surface area contributed by atoms with Crippen molar-refractivity contribution in [3.8, 4) is 11.5 Å². The first-order valence-corrected chi connectivity index (χ1v) is 9.44. The van der Waals surface area contributed by atoms with Crippen molar-refractivity contribution in [2.24, 2.45) is 0 Å². The van der Waals surface area contributed by atoms with Gasteiger partial charge in [0, 0.05) is 17.6 Å². The van der Waals surface area contributed by atoms with Crippen LogP contribution < -0.4 is 14.8 Å². The lowest BCUT2D eigenvalue weighted by Crippen LogP contribution is -2.52. The number of hydrogen-bond acceptors (Lipinski definition) is 4. The highest BCUT2D eigenvalue weighted by molar-refractivity contribution is 6.32. The Morgan fingerprint density at radius 2 is 1.84 bits per heavy atom. The van der Waals surface area contributed by atoms with E-state index in [2.05, 4.69) is 24.3 Å². The lowest BCUT2D eigenvalue weighted by atomic mass is 9.88. The Morgan fingerprint density at radius 3 is 2.52 bits per heavy atom. The summed E-state index contributed by atoms with van der Waals surface area (Å²) in [6.07, 6.45) is 7.21. The molecule has 25 heavy (non-hydrogen) atoms. The van der Waals surface area contributed by atoms with Crippen LogP contribution in [0.3, 0.4) is 0 Å². The molecule has 1 aromatic rings. The molecule has 6 heteroatoms. The van der Waals surface area contributed by atoms with E-state index in [4.69, 9.17) is 21.1 Å². The highest BCUT2D eigenvalue weighted by Gasteiger charge is 2.33. The van der Waals surface area contributed by atoms with Gasteiger partial charge in [-0.15, -0.1) is 0 Å². The molecule has 3 rings (SSSR count). The number of halogens is 1. The zero-order valence-corrected chi connectivity index (χ0v) is 15.8. The van der Waals surface area contributed by atoms with Gasteiger partial charge in [0.2, 0.25) is 0 Å². The standard InChI is InChI=1S/C19H27ClN2O3/c1-22(2)19(7-5-3-4-6-8-19)13-21-18(23)14-11-15(20)17-16(12-14)24-9-10-25-17/h11-12H,3-10,13H2,1-2H3,(H,21,23). The molecular formula is C19H27ClN2O3. The Morgan fingerprint density at radius 1 is 1.16 bits per heavy atom. The lowest BCUT2D eigenvalue weighted by Gasteiger charge is -2.39. The van der Waals surface area contributed by atoms with Gasteiger partial charge in [-0.1, -0.05) is 37.3 Å². The first kappa shape index (κ1) is 18.3. The van der Waals surface area contributed by atoms with Crippen molar-refractivity contribution < 1.29 is 14.3 Å². The maximum Gasteiger partial charge on any atom is 0.251 e. The number of carbonyl (C=O) groups is 1. The number of likely N-dealkylation sites (N-methyl/N-ethyl adjacent to an activating group) is 1. The van der Waals surface area contributed by atoms with Crippen LogP contribution in [0.25, 0.3) is 0 Å². The summed E-state index contributed by atoms with van der Waals surface area (Å²) in [6, 6.07) is 3.37. The Kier molecular flexibility index (Phi) is 5.74. The average molecular weight is 367 g/mol. The van der Waals surface area contributed by atoms with Crippen LogP contribution in [-0.2, 0) is 0 Å². The number of ether oxygens (including phenoxy) is 2. The summed E-state index contributed by atoms with van der Waals surface area (Å²) in [6.45, 7) is 1.59. The van der Waals surface area contributed by atoms with E-state index in [-0.39, 0.29) is 11.4 Å². The van der Waals surface area contributed by atoms with Gasteiger partial charge in [-0.05, 0) is 39.1 Å². The van der Waals surface area contributed by atoms with E-state index in [0.29, 0.717) is 41.8 Å². The first-order chi connectivity index (χ1) is 12.0. The Balaban J connectivity index is 1.72. The van der Waals surface area contributed by atoms with Gasteiger partial charge in [-0.2, -0.15) is 0 Å². The van der Waals surface area contributed by atoms with Gasteiger partial charge in [0.15, 0.2) is 11.5 Å². The Hall–Kier alpha value is -1.46. The highest BCUT2D eigenvalue weighted by Crippen LogP contribution is 2.38. The van der Waals surface area contributed by atoms with Crippen LogP contribution in [0.1, 0.15) is 48.9 Å². The third-order valence-electron chi connectivity index (χ3n) is 5.42. The molecule has 1 N–H and O–H groups in total. The van der Waals surface area contributed by atoms with Crippen molar-refractivity contribution in [1.82, 2.24) is 10.2 Å². The highest BCUT2D eigenvalue weighted by atomic mass is 35.5. The minimum atomic E-state index is -0.121. The van der Waals surface area contributed by atoms with Crippen molar-refractivity contribution in [2.75, 3.05) is 33.9 Å². The van der Waals surface area contributed by atoms with E-state index >= 15 is 0 Å². The molecule has 138 valence electrons. The zero-order chi connectivity index (χ0) is 17.9. The number of rotatable bonds is 4. The molecule has 1 heterocycles. The van der Waals surface area contributed by atoms with Crippen LogP contribution in [-0.4, -0.2) is 50.2 Å². The minimum absolute atomic E-state index is 0.0315. The monoisotopic (exact) mass is 366 g/mol. The summed E-state index contributed by atoms with van der Waals surface area (Å²) >= 11 is 6.25. The van der Waals surface area contributed by atoms with E-state index in [1.54, 1.807) is 12.1 Å². The smallest absolute Gasteiger partial charge is 0.251 e. The van der Waals surface area contributed by atoms with Crippen LogP contribution in [0.2, 0.25) is 5.02 Å². The molecule has 0 radical (unpaired) electrons. The second kappa shape index (κ2) is 7.83. The average Bonchev–Trinajstić information content (AvgIpc) is 2.86. The predicted octanol–water partition coefficient (Wildman–Crippen LogP) is 3.50. The molecule has 2 aliphatic rings. The van der Waals surface area contributed by atoms with Gasteiger partial charge in [0.05, 0.1) is 5.02 Å². The molecule has 1 aliphatic carbocycles. The van der Waals surface area contributed by atoms with Gasteiger partial charge in [-0.25, -0.2) is 0 Å². The first-order valence-electron chi connectivity index (χ1n) is 9.07. The van der Waals surface area contributed by atoms with Gasteiger partial charge in [0.1, 0.15) is 13.2 Å². The molecule has 0 saturated heterocycles. The number of carbonyl (C=O) groups excluding carboxylic acids is 1. The van der Waals surface area contributed by atoms with E-state index < -0.39 is 0 Å². The van der Waals surface area contributed by atoms with Crippen LogP contribution in [0.4, 0.5) is 0 Å². The molecule has 0 bridgehead atoms. The molecule has 0 aromatic heterocycles. The van der Waals surface area contributed by atoms with Crippen molar-refractivity contribution >= 4 is 17.5 Å². The van der Waals surface area contributed by atoms with Crippen molar-refractivity contribution in [2.45, 2.75) is 44.1 Å². The molecule has 1 fully saturated rings. The number of nitrogens with zero attached hydrogens (tertiary/aromatic N) is 1. The molecule has 1 aromatic carbocycles. The van der Waals surface area contributed by atoms with Gasteiger partial charge in [0.25, 0.3) is 5.91 Å². The summed E-state index contributed by atoms with van der Waals surface area (Å²) in [5.74, 6) is 0.947. The largest absolute Gasteiger partial charge is 0.486 e. The normalized spacial score (nSPS) is 19.4. The molecule has 5 nitrogen and oxygen atoms in total. The number of amides is 1. The Bertz CT molecular complexity index is 625. The second-order valence-corrected chi connectivity index (χ2v) is 7.61. The van der Waals surface area contributed by atoms with E-state index in [1.807, 2.05) is 0 Å². The Labute approximate surface area is 154 Å². The van der Waals surface area contributed by atoms with Crippen molar-refractivity contribution in [3.63, 3.8) is 0 Å². The van der Waals surface area contributed by atoms with Crippen LogP contribution in [0.5, 0.6) is 11.5 Å². The fourth-order valence-corrected chi connectivity index (χ4v) is 4.02. The number of nitrogens with one attached hydrogen (secondary N) is 1. The number of hydrogen-bond donors (Lipinski definition) is 1. The summed E-state index contributed by atoms with van der Waals surface area (Å²) in [7, 11) is 4.22. The summed E-state index contributed by atoms with van der Waals surface area (Å²) in [5.41, 5.74) is 0.542. The molecule has 0 atom stereocenters. The van der Waals surface area contributed by atoms with Gasteiger partial charge < -0.3 is 19.7 Å². The molecule has 0 spiro atoms. The minimum Gasteiger partial charge on any atom is -0.486 e. The topological polar surface area (TPSA) is 50.8 Å². The van der Waals surface area contributed by atoms with E-state index in [1.165, 1.54) is 25.7 Å². The van der Waals surface area contributed by atoms with Crippen LogP contribution in [0, 0.1) is 0 Å². The van der Waals surface area contributed by atoms with Gasteiger partial charge >= 0.3 is 0 Å². The molecule has 0 unspecified atom stereocenters. The quantitative estimate of drug-likeness (QED) is 0.829. The molecule has 1 amide bonds. The predicted molar refractivity (Wildman–Crippen MR) is 98.9 cm³/mol. The third kappa shape index (κ3) is 4.04. The zero-order valence-electron chi connectivity index (χ0n) is 15.1. The lowest BCUT2D eigenvalue weighted by molar-refractivity contribution is 0.0868. The number of benzene rings is 1. The molecule has 1 aliphatic heterocycles. The summed E-state index contributed by atoms with van der Waals surface area (Å²) in [4.78, 5) is 15.0. The maximum atomic E-state index is 12.7. The fraction of sp³-hybridized carbons (Fsp3) is 0.632. The third-order valence-corrected chi connectivity index (χ3v) is 5.70. The fourth-order valence-electron chi connectivity index (χ4n) is 3.76. The SMILES string of the molecule is CN(C)C1(CNC(=O)c2cc(Cl)c3c(c2)OCCO3)CCCCCC1. The van der Waals surface area contributed by atoms with E-state index in [0.717, 1.165) is 12.8 Å².